The maximum atomic E-state index is 12.2. The lowest BCUT2D eigenvalue weighted by Gasteiger charge is -2.38. The highest BCUT2D eigenvalue weighted by Gasteiger charge is 2.43. The number of nitrogens with two attached hydrogens (primary N) is 1. The maximum absolute atomic E-state index is 12.2. The Morgan fingerprint density at radius 1 is 1.30 bits per heavy atom. The van der Waals surface area contributed by atoms with Crippen LogP contribution in [0.25, 0.3) is 0 Å². The Kier molecular flexibility index (Phi) is 4.04. The second kappa shape index (κ2) is 5.44. The molecule has 1 aliphatic heterocycles. The Balaban J connectivity index is 2.31. The van der Waals surface area contributed by atoms with E-state index in [1.807, 2.05) is 56.9 Å². The number of amides is 1. The van der Waals surface area contributed by atoms with Crippen LogP contribution >= 0.6 is 0 Å². The van der Waals surface area contributed by atoms with Crippen molar-refractivity contribution in [1.29, 1.82) is 0 Å². The average Bonchev–Trinajstić information content (AvgIpc) is 2.65. The van der Waals surface area contributed by atoms with Crippen LogP contribution in [-0.4, -0.2) is 29.0 Å². The van der Waals surface area contributed by atoms with Crippen LogP contribution in [0.1, 0.15) is 45.7 Å². The monoisotopic (exact) mass is 276 g/mol. The Hall–Kier alpha value is -1.55. The smallest absolute Gasteiger partial charge is 0.225 e. The van der Waals surface area contributed by atoms with E-state index >= 15 is 0 Å². The normalized spacial score (nSPS) is 23.2. The molecule has 2 N–H and O–H groups in total. The van der Waals surface area contributed by atoms with Crippen molar-refractivity contribution in [1.82, 2.24) is 4.90 Å². The molecule has 2 atom stereocenters. The van der Waals surface area contributed by atoms with Crippen LogP contribution in [0.2, 0.25) is 0 Å². The number of hydrogen-bond acceptors (Lipinski definition) is 3. The Morgan fingerprint density at radius 3 is 2.40 bits per heavy atom. The van der Waals surface area contributed by atoms with Gasteiger partial charge in [-0.05, 0) is 45.4 Å². The number of hydrogen-bond donors (Lipinski definition) is 1. The van der Waals surface area contributed by atoms with E-state index in [0.717, 1.165) is 11.3 Å². The third-order valence-corrected chi connectivity index (χ3v) is 3.62. The first-order valence-electron chi connectivity index (χ1n) is 7.15. The molecule has 0 radical (unpaired) electrons. The number of likely N-dealkylation sites (tertiary alicyclic amines) is 1. The van der Waals surface area contributed by atoms with Crippen LogP contribution < -0.4 is 10.5 Å². The van der Waals surface area contributed by atoms with Crippen molar-refractivity contribution < 1.29 is 9.53 Å². The van der Waals surface area contributed by atoms with E-state index in [1.165, 1.54) is 0 Å². The number of rotatable bonds is 3. The van der Waals surface area contributed by atoms with Crippen molar-refractivity contribution in [2.45, 2.75) is 51.7 Å². The van der Waals surface area contributed by atoms with Crippen LogP contribution in [0.3, 0.4) is 0 Å². The highest BCUT2D eigenvalue weighted by molar-refractivity contribution is 5.81. The molecule has 2 unspecified atom stereocenters. The lowest BCUT2D eigenvalue weighted by Crippen LogP contribution is -2.45. The zero-order valence-electron chi connectivity index (χ0n) is 12.7. The van der Waals surface area contributed by atoms with Crippen molar-refractivity contribution in [3.63, 3.8) is 0 Å². The number of carbonyl (C=O) groups excluding carboxylic acids is 1. The van der Waals surface area contributed by atoms with Gasteiger partial charge in [-0.1, -0.05) is 12.1 Å². The van der Waals surface area contributed by atoms with Gasteiger partial charge in [-0.3, -0.25) is 4.79 Å². The fourth-order valence-electron chi connectivity index (χ4n) is 2.87. The van der Waals surface area contributed by atoms with Crippen molar-refractivity contribution >= 4 is 5.91 Å². The predicted octanol–water partition coefficient (Wildman–Crippen LogP) is 2.48. The Morgan fingerprint density at radius 2 is 1.90 bits per heavy atom. The maximum Gasteiger partial charge on any atom is 0.225 e. The molecule has 0 spiro atoms. The van der Waals surface area contributed by atoms with Gasteiger partial charge in [-0.2, -0.15) is 0 Å². The van der Waals surface area contributed by atoms with Crippen molar-refractivity contribution in [3.8, 4) is 5.75 Å². The van der Waals surface area contributed by atoms with Gasteiger partial charge in [0.25, 0.3) is 0 Å². The third kappa shape index (κ3) is 2.80. The fraction of sp³-hybridized carbons (Fsp3) is 0.562. The van der Waals surface area contributed by atoms with Gasteiger partial charge in [0, 0.05) is 18.0 Å². The SMILES string of the molecule is CCOc1ccc(C2C(N)CC(=O)N2C(C)(C)C)cc1. The van der Waals surface area contributed by atoms with E-state index in [1.54, 1.807) is 0 Å². The standard InChI is InChI=1S/C16H24N2O2/c1-5-20-12-8-6-11(7-9-12)15-13(17)10-14(19)18(15)16(2,3)4/h6-9,13,15H,5,10,17H2,1-4H3. The van der Waals surface area contributed by atoms with E-state index < -0.39 is 0 Å². The molecule has 0 aromatic heterocycles. The summed E-state index contributed by atoms with van der Waals surface area (Å²) in [4.78, 5) is 14.1. The lowest BCUT2D eigenvalue weighted by atomic mass is 9.97. The largest absolute Gasteiger partial charge is 0.494 e. The molecule has 1 aromatic carbocycles. The summed E-state index contributed by atoms with van der Waals surface area (Å²) >= 11 is 0. The zero-order chi connectivity index (χ0) is 14.9. The lowest BCUT2D eigenvalue weighted by molar-refractivity contribution is -0.133. The molecular weight excluding hydrogens is 252 g/mol. The molecule has 1 saturated heterocycles. The third-order valence-electron chi connectivity index (χ3n) is 3.62. The molecule has 110 valence electrons. The average molecular weight is 276 g/mol. The second-order valence-corrected chi connectivity index (χ2v) is 6.25. The van der Waals surface area contributed by atoms with Crippen LogP contribution in [0.4, 0.5) is 0 Å². The molecule has 0 bridgehead atoms. The number of carbonyl (C=O) groups is 1. The van der Waals surface area contributed by atoms with Crippen LogP contribution in [-0.2, 0) is 4.79 Å². The summed E-state index contributed by atoms with van der Waals surface area (Å²) in [5, 5.41) is 0. The van der Waals surface area contributed by atoms with E-state index in [4.69, 9.17) is 10.5 Å². The number of nitrogens with zero attached hydrogens (tertiary/aromatic N) is 1. The number of benzene rings is 1. The fourth-order valence-corrected chi connectivity index (χ4v) is 2.87. The highest BCUT2D eigenvalue weighted by atomic mass is 16.5. The zero-order valence-corrected chi connectivity index (χ0v) is 12.7. The molecule has 0 aliphatic carbocycles. The quantitative estimate of drug-likeness (QED) is 0.922. The molecule has 1 fully saturated rings. The van der Waals surface area contributed by atoms with E-state index in [9.17, 15) is 4.79 Å². The summed E-state index contributed by atoms with van der Waals surface area (Å²) in [6, 6.07) is 7.68. The highest BCUT2D eigenvalue weighted by Crippen LogP contribution is 2.37. The molecule has 2 rings (SSSR count). The summed E-state index contributed by atoms with van der Waals surface area (Å²) in [5.41, 5.74) is 7.03. The summed E-state index contributed by atoms with van der Waals surface area (Å²) < 4.78 is 5.45. The van der Waals surface area contributed by atoms with Crippen molar-refractivity contribution in [2.75, 3.05) is 6.61 Å². The van der Waals surface area contributed by atoms with Gasteiger partial charge >= 0.3 is 0 Å². The summed E-state index contributed by atoms with van der Waals surface area (Å²) in [6.45, 7) is 8.75. The van der Waals surface area contributed by atoms with E-state index in [-0.39, 0.29) is 23.5 Å². The molecule has 0 saturated carbocycles. The predicted molar refractivity (Wildman–Crippen MR) is 79.5 cm³/mol. The second-order valence-electron chi connectivity index (χ2n) is 6.25. The van der Waals surface area contributed by atoms with Gasteiger partial charge in [0.15, 0.2) is 0 Å². The molecule has 4 nitrogen and oxygen atoms in total. The van der Waals surface area contributed by atoms with Gasteiger partial charge in [0.05, 0.1) is 12.6 Å². The summed E-state index contributed by atoms with van der Waals surface area (Å²) in [6.07, 6.45) is 0.412. The molecule has 1 aliphatic rings. The minimum absolute atomic E-state index is 0.0572. The van der Waals surface area contributed by atoms with Gasteiger partial charge in [0.1, 0.15) is 5.75 Å². The van der Waals surface area contributed by atoms with E-state index in [0.29, 0.717) is 13.0 Å². The first-order valence-corrected chi connectivity index (χ1v) is 7.15. The molecular formula is C16H24N2O2. The van der Waals surface area contributed by atoms with Gasteiger partial charge in [-0.15, -0.1) is 0 Å². The first kappa shape index (κ1) is 14.9. The van der Waals surface area contributed by atoms with Crippen molar-refractivity contribution in [2.24, 2.45) is 5.73 Å². The molecule has 4 heteroatoms. The topological polar surface area (TPSA) is 55.6 Å². The molecule has 20 heavy (non-hydrogen) atoms. The Bertz CT molecular complexity index is 476. The van der Waals surface area contributed by atoms with Crippen molar-refractivity contribution in [3.05, 3.63) is 29.8 Å². The van der Waals surface area contributed by atoms with Gasteiger partial charge in [0.2, 0.25) is 5.91 Å². The van der Waals surface area contributed by atoms with Gasteiger partial charge < -0.3 is 15.4 Å². The Labute approximate surface area is 120 Å². The van der Waals surface area contributed by atoms with Crippen LogP contribution in [0, 0.1) is 0 Å². The summed E-state index contributed by atoms with van der Waals surface area (Å²) in [7, 11) is 0. The molecule has 1 amide bonds. The van der Waals surface area contributed by atoms with Crippen LogP contribution in [0.15, 0.2) is 24.3 Å². The van der Waals surface area contributed by atoms with Gasteiger partial charge in [-0.25, -0.2) is 0 Å². The van der Waals surface area contributed by atoms with E-state index in [2.05, 4.69) is 0 Å². The number of ether oxygens (including phenoxy) is 1. The minimum atomic E-state index is -0.228. The van der Waals surface area contributed by atoms with Crippen LogP contribution in [0.5, 0.6) is 5.75 Å². The summed E-state index contributed by atoms with van der Waals surface area (Å²) in [5.74, 6) is 0.973. The minimum Gasteiger partial charge on any atom is -0.494 e. The molecule has 1 heterocycles. The first-order chi connectivity index (χ1) is 9.34. The molecule has 1 aromatic rings.